The van der Waals surface area contributed by atoms with Crippen molar-refractivity contribution < 1.29 is 23.8 Å². The predicted molar refractivity (Wildman–Crippen MR) is 170 cm³/mol. The van der Waals surface area contributed by atoms with Gasteiger partial charge in [0.1, 0.15) is 25.0 Å². The van der Waals surface area contributed by atoms with Gasteiger partial charge in [0, 0.05) is 12.3 Å². The van der Waals surface area contributed by atoms with Crippen molar-refractivity contribution in [3.63, 3.8) is 0 Å². The molecule has 1 aliphatic carbocycles. The molecule has 5 aromatic carbocycles. The van der Waals surface area contributed by atoms with Gasteiger partial charge in [-0.25, -0.2) is 9.59 Å². The molecule has 1 amide bonds. The van der Waals surface area contributed by atoms with Crippen LogP contribution in [-0.4, -0.2) is 31.8 Å². The highest BCUT2D eigenvalue weighted by molar-refractivity contribution is 5.82. The molecule has 0 bridgehead atoms. The summed E-state index contributed by atoms with van der Waals surface area (Å²) in [6.07, 6.45) is -0.417. The van der Waals surface area contributed by atoms with E-state index in [0.717, 1.165) is 44.5 Å². The summed E-state index contributed by atoms with van der Waals surface area (Å²) in [5.41, 5.74) is 8.41. The minimum atomic E-state index is -0.938. The Morgan fingerprint density at radius 2 is 1.23 bits per heavy atom. The third-order valence-electron chi connectivity index (χ3n) is 7.96. The monoisotopic (exact) mass is 583 g/mol. The first-order chi connectivity index (χ1) is 21.6. The molecule has 6 nitrogen and oxygen atoms in total. The second kappa shape index (κ2) is 13.3. The molecule has 0 spiro atoms. The number of methoxy groups -OCH3 is 1. The van der Waals surface area contributed by atoms with E-state index in [4.69, 9.17) is 14.2 Å². The fourth-order valence-corrected chi connectivity index (χ4v) is 5.65. The predicted octanol–water partition coefficient (Wildman–Crippen LogP) is 7.56. The van der Waals surface area contributed by atoms with Crippen LogP contribution in [0.3, 0.4) is 0 Å². The van der Waals surface area contributed by atoms with Gasteiger partial charge in [0.05, 0.1) is 7.11 Å². The SMILES string of the molecule is COc1ccc(COC(=O)[C@@H](Cc2ccc(-c3ccccc3)cc2)NC(=O)OCC2c3ccccc3-c3ccccc32)cc1. The second-order valence-corrected chi connectivity index (χ2v) is 10.7. The molecule has 220 valence electrons. The van der Waals surface area contributed by atoms with Gasteiger partial charge >= 0.3 is 12.1 Å². The Hall–Kier alpha value is -5.36. The van der Waals surface area contributed by atoms with Gasteiger partial charge in [-0.2, -0.15) is 0 Å². The largest absolute Gasteiger partial charge is 0.497 e. The fourth-order valence-electron chi connectivity index (χ4n) is 5.65. The average molecular weight is 584 g/mol. The lowest BCUT2D eigenvalue weighted by molar-refractivity contribution is -0.147. The molecule has 44 heavy (non-hydrogen) atoms. The number of rotatable bonds is 10. The number of hydrogen-bond acceptors (Lipinski definition) is 5. The number of ether oxygens (including phenoxy) is 3. The van der Waals surface area contributed by atoms with E-state index in [-0.39, 0.29) is 25.6 Å². The number of amides is 1. The van der Waals surface area contributed by atoms with Gasteiger partial charge in [0.15, 0.2) is 0 Å². The van der Waals surface area contributed by atoms with Crippen molar-refractivity contribution in [3.05, 3.63) is 150 Å². The van der Waals surface area contributed by atoms with Crippen molar-refractivity contribution in [2.75, 3.05) is 13.7 Å². The number of hydrogen-bond donors (Lipinski definition) is 1. The summed E-state index contributed by atoms with van der Waals surface area (Å²) in [5.74, 6) is 0.0921. The minimum Gasteiger partial charge on any atom is -0.497 e. The van der Waals surface area contributed by atoms with Crippen LogP contribution in [0.4, 0.5) is 4.79 Å². The summed E-state index contributed by atoms with van der Waals surface area (Å²) in [4.78, 5) is 26.5. The van der Waals surface area contributed by atoms with Gasteiger partial charge in [-0.1, -0.05) is 115 Å². The molecule has 6 heteroatoms. The lowest BCUT2D eigenvalue weighted by Crippen LogP contribution is -2.43. The summed E-state index contributed by atoms with van der Waals surface area (Å²) >= 11 is 0. The van der Waals surface area contributed by atoms with E-state index in [1.807, 2.05) is 103 Å². The smallest absolute Gasteiger partial charge is 0.407 e. The summed E-state index contributed by atoms with van der Waals surface area (Å²) in [6.45, 7) is 0.220. The van der Waals surface area contributed by atoms with E-state index in [9.17, 15) is 9.59 Å². The summed E-state index contributed by atoms with van der Waals surface area (Å²) in [7, 11) is 1.60. The van der Waals surface area contributed by atoms with Gasteiger partial charge in [-0.05, 0) is 56.6 Å². The molecular formula is C38H33NO5. The normalized spacial score (nSPS) is 12.5. The van der Waals surface area contributed by atoms with Crippen LogP contribution in [0.5, 0.6) is 5.75 Å². The molecular weight excluding hydrogens is 550 g/mol. The third kappa shape index (κ3) is 6.50. The Morgan fingerprint density at radius 3 is 1.86 bits per heavy atom. The Bertz CT molecular complexity index is 1690. The van der Waals surface area contributed by atoms with Crippen molar-refractivity contribution in [2.45, 2.75) is 25.0 Å². The number of nitrogens with one attached hydrogen (secondary N) is 1. The van der Waals surface area contributed by atoms with E-state index >= 15 is 0 Å². The number of benzene rings is 5. The van der Waals surface area contributed by atoms with Crippen LogP contribution >= 0.6 is 0 Å². The highest BCUT2D eigenvalue weighted by Crippen LogP contribution is 2.44. The lowest BCUT2D eigenvalue weighted by atomic mass is 9.98. The molecule has 0 heterocycles. The molecule has 0 aromatic heterocycles. The Morgan fingerprint density at radius 1 is 0.659 bits per heavy atom. The molecule has 0 fully saturated rings. The average Bonchev–Trinajstić information content (AvgIpc) is 3.40. The van der Waals surface area contributed by atoms with E-state index in [0.29, 0.717) is 5.75 Å². The van der Waals surface area contributed by atoms with E-state index in [1.165, 1.54) is 0 Å². The Labute approximate surface area is 257 Å². The van der Waals surface area contributed by atoms with Crippen molar-refractivity contribution in [3.8, 4) is 28.0 Å². The summed E-state index contributed by atoms with van der Waals surface area (Å²) < 4.78 is 16.6. The molecule has 5 aromatic rings. The van der Waals surface area contributed by atoms with Crippen LogP contribution in [0.15, 0.2) is 127 Å². The molecule has 6 rings (SSSR count). The molecule has 0 saturated carbocycles. The lowest BCUT2D eigenvalue weighted by Gasteiger charge is -2.19. The van der Waals surface area contributed by atoms with Crippen molar-refractivity contribution in [1.29, 1.82) is 0 Å². The zero-order valence-corrected chi connectivity index (χ0v) is 24.4. The van der Waals surface area contributed by atoms with Gasteiger partial charge in [0.2, 0.25) is 0 Å². The Balaban J connectivity index is 1.15. The zero-order chi connectivity index (χ0) is 30.3. The standard InChI is InChI=1S/C38H33NO5/c1-42-30-21-17-27(18-22-30)24-43-37(40)36(23-26-15-19-29(20-16-26)28-9-3-2-4-10-28)39-38(41)44-25-35-33-13-7-5-11-31(33)32-12-6-8-14-34(32)35/h2-22,35-36H,23-25H2,1H3,(H,39,41)/t36-/m1/s1. The van der Waals surface area contributed by atoms with E-state index < -0.39 is 18.1 Å². The maximum Gasteiger partial charge on any atom is 0.407 e. The highest BCUT2D eigenvalue weighted by Gasteiger charge is 2.30. The quantitative estimate of drug-likeness (QED) is 0.172. The first-order valence-corrected chi connectivity index (χ1v) is 14.6. The number of carbonyl (C=O) groups excluding carboxylic acids is 2. The molecule has 1 N–H and O–H groups in total. The van der Waals surface area contributed by atoms with Crippen LogP contribution in [0.1, 0.15) is 28.2 Å². The molecule has 0 unspecified atom stereocenters. The van der Waals surface area contributed by atoms with E-state index in [1.54, 1.807) is 7.11 Å². The molecule has 1 atom stereocenters. The number of carbonyl (C=O) groups is 2. The molecule has 0 radical (unpaired) electrons. The van der Waals surface area contributed by atoms with Crippen LogP contribution < -0.4 is 10.1 Å². The van der Waals surface area contributed by atoms with Gasteiger partial charge in [0.25, 0.3) is 0 Å². The first-order valence-electron chi connectivity index (χ1n) is 14.6. The van der Waals surface area contributed by atoms with Gasteiger partial charge in [-0.15, -0.1) is 0 Å². The molecule has 0 aliphatic heterocycles. The van der Waals surface area contributed by atoms with Gasteiger partial charge < -0.3 is 19.5 Å². The maximum atomic E-state index is 13.3. The van der Waals surface area contributed by atoms with Crippen LogP contribution in [0.25, 0.3) is 22.3 Å². The molecule has 1 aliphatic rings. The van der Waals surface area contributed by atoms with Gasteiger partial charge in [-0.3, -0.25) is 0 Å². The topological polar surface area (TPSA) is 73.9 Å². The van der Waals surface area contributed by atoms with E-state index in [2.05, 4.69) is 29.6 Å². The number of esters is 1. The second-order valence-electron chi connectivity index (χ2n) is 10.7. The van der Waals surface area contributed by atoms with Crippen molar-refractivity contribution in [2.24, 2.45) is 0 Å². The third-order valence-corrected chi connectivity index (χ3v) is 7.96. The minimum absolute atomic E-state index is 0.0681. The maximum absolute atomic E-state index is 13.3. The zero-order valence-electron chi connectivity index (χ0n) is 24.4. The highest BCUT2D eigenvalue weighted by atomic mass is 16.6. The van der Waals surface area contributed by atoms with Crippen LogP contribution in [-0.2, 0) is 27.3 Å². The summed E-state index contributed by atoms with van der Waals surface area (Å²) in [6, 6.07) is 40.7. The van der Waals surface area contributed by atoms with Crippen molar-refractivity contribution >= 4 is 12.1 Å². The van der Waals surface area contributed by atoms with Crippen molar-refractivity contribution in [1.82, 2.24) is 5.32 Å². The first kappa shape index (κ1) is 28.7. The number of alkyl carbamates (subject to hydrolysis) is 1. The molecule has 0 saturated heterocycles. The fraction of sp³-hybridized carbons (Fsp3) is 0.158. The van der Waals surface area contributed by atoms with Crippen LogP contribution in [0, 0.1) is 0 Å². The Kier molecular flexibility index (Phi) is 8.69. The van der Waals surface area contributed by atoms with Crippen LogP contribution in [0.2, 0.25) is 0 Å². The summed E-state index contributed by atoms with van der Waals surface area (Å²) in [5, 5.41) is 2.78. The number of fused-ring (bicyclic) bond motifs is 3.